The van der Waals surface area contributed by atoms with Crippen LogP contribution in [0.1, 0.15) is 32.8 Å². The molecule has 226 valence electrons. The number of ether oxygens (including phenoxy) is 2. The normalized spacial score (nSPS) is 12.0. The lowest BCUT2D eigenvalue weighted by atomic mass is 10.1. The van der Waals surface area contributed by atoms with E-state index in [1.165, 1.54) is 37.3 Å². The maximum Gasteiger partial charge on any atom is 0.264 e. The van der Waals surface area contributed by atoms with Gasteiger partial charge in [-0.15, -0.1) is 0 Å². The lowest BCUT2D eigenvalue weighted by molar-refractivity contribution is -0.139. The first-order valence-corrected chi connectivity index (χ1v) is 15.5. The molecule has 1 atom stereocenters. The standard InChI is InChI=1S/C32H41N3O6S/c1-6-28(32(37)33-22-24(2)3)34(20-19-25-13-9-7-10-14-25)31(36)23-35(42(38,39)27-15-11-8-12-16-27)29-21-26(40-4)17-18-30(29)41-5/h7-18,21,24,28H,6,19-20,22-23H2,1-5H3,(H,33,37)/t28-/m1/s1. The molecule has 0 aliphatic heterocycles. The molecule has 0 aromatic heterocycles. The molecule has 0 bridgehead atoms. The van der Waals surface area contributed by atoms with Crippen LogP contribution in [0.5, 0.6) is 11.5 Å². The van der Waals surface area contributed by atoms with Crippen molar-refractivity contribution in [3.8, 4) is 11.5 Å². The monoisotopic (exact) mass is 595 g/mol. The molecule has 3 aromatic carbocycles. The van der Waals surface area contributed by atoms with Crippen molar-refractivity contribution >= 4 is 27.5 Å². The highest BCUT2D eigenvalue weighted by molar-refractivity contribution is 7.92. The van der Waals surface area contributed by atoms with Crippen LogP contribution in [-0.4, -0.2) is 65.0 Å². The Labute approximate surface area is 249 Å². The van der Waals surface area contributed by atoms with E-state index in [9.17, 15) is 18.0 Å². The van der Waals surface area contributed by atoms with Crippen LogP contribution in [0.4, 0.5) is 5.69 Å². The Morgan fingerprint density at radius 1 is 0.905 bits per heavy atom. The van der Waals surface area contributed by atoms with Crippen LogP contribution < -0.4 is 19.1 Å². The molecule has 0 saturated heterocycles. The van der Waals surface area contributed by atoms with E-state index in [1.807, 2.05) is 51.1 Å². The molecule has 0 aliphatic rings. The molecule has 10 heteroatoms. The molecule has 2 amide bonds. The first-order chi connectivity index (χ1) is 20.1. The van der Waals surface area contributed by atoms with Crippen LogP contribution in [0, 0.1) is 5.92 Å². The number of nitrogens with one attached hydrogen (secondary N) is 1. The Morgan fingerprint density at radius 2 is 1.55 bits per heavy atom. The first kappa shape index (κ1) is 32.5. The smallest absolute Gasteiger partial charge is 0.264 e. The number of methoxy groups -OCH3 is 2. The zero-order chi connectivity index (χ0) is 30.7. The Morgan fingerprint density at radius 3 is 2.12 bits per heavy atom. The maximum absolute atomic E-state index is 14.2. The fourth-order valence-corrected chi connectivity index (χ4v) is 5.98. The third-order valence-electron chi connectivity index (χ3n) is 6.82. The molecular formula is C32H41N3O6S. The topological polar surface area (TPSA) is 105 Å². The van der Waals surface area contributed by atoms with Gasteiger partial charge in [0, 0.05) is 19.2 Å². The highest BCUT2D eigenvalue weighted by Crippen LogP contribution is 2.36. The van der Waals surface area contributed by atoms with Gasteiger partial charge in [-0.3, -0.25) is 13.9 Å². The van der Waals surface area contributed by atoms with Crippen molar-refractivity contribution in [2.45, 2.75) is 44.6 Å². The van der Waals surface area contributed by atoms with Gasteiger partial charge in [0.1, 0.15) is 24.1 Å². The molecule has 0 unspecified atom stereocenters. The number of amides is 2. The van der Waals surface area contributed by atoms with Gasteiger partial charge in [-0.05, 0) is 48.6 Å². The lowest BCUT2D eigenvalue weighted by Gasteiger charge is -2.33. The third kappa shape index (κ3) is 8.25. The summed E-state index contributed by atoms with van der Waals surface area (Å²) in [6, 6.07) is 21.5. The predicted octanol–water partition coefficient (Wildman–Crippen LogP) is 4.52. The van der Waals surface area contributed by atoms with Crippen molar-refractivity contribution in [3.05, 3.63) is 84.4 Å². The second-order valence-electron chi connectivity index (χ2n) is 10.2. The van der Waals surface area contributed by atoms with Gasteiger partial charge in [-0.2, -0.15) is 0 Å². The molecule has 0 aliphatic carbocycles. The number of hydrogen-bond acceptors (Lipinski definition) is 6. The van der Waals surface area contributed by atoms with Crippen LogP contribution in [0.3, 0.4) is 0 Å². The number of sulfonamides is 1. The first-order valence-electron chi connectivity index (χ1n) is 14.0. The lowest BCUT2D eigenvalue weighted by Crippen LogP contribution is -2.53. The van der Waals surface area contributed by atoms with Gasteiger partial charge in [0.25, 0.3) is 10.0 Å². The van der Waals surface area contributed by atoms with E-state index >= 15 is 0 Å². The Hall–Kier alpha value is -4.05. The van der Waals surface area contributed by atoms with E-state index in [4.69, 9.17) is 9.47 Å². The Kier molecular flexibility index (Phi) is 11.8. The van der Waals surface area contributed by atoms with E-state index in [1.54, 1.807) is 30.3 Å². The number of rotatable bonds is 15. The van der Waals surface area contributed by atoms with Crippen molar-refractivity contribution in [1.29, 1.82) is 0 Å². The van der Waals surface area contributed by atoms with Gasteiger partial charge in [0.05, 0.1) is 24.8 Å². The van der Waals surface area contributed by atoms with Crippen LogP contribution in [-0.2, 0) is 26.0 Å². The molecule has 1 N–H and O–H groups in total. The van der Waals surface area contributed by atoms with Gasteiger partial charge in [-0.25, -0.2) is 8.42 Å². The molecule has 0 saturated carbocycles. The summed E-state index contributed by atoms with van der Waals surface area (Å²) in [5, 5.41) is 2.94. The summed E-state index contributed by atoms with van der Waals surface area (Å²) < 4.78 is 40.1. The number of hydrogen-bond donors (Lipinski definition) is 1. The largest absolute Gasteiger partial charge is 0.497 e. The number of benzene rings is 3. The number of carbonyl (C=O) groups excluding carboxylic acids is 2. The fraction of sp³-hybridized carbons (Fsp3) is 0.375. The summed E-state index contributed by atoms with van der Waals surface area (Å²) >= 11 is 0. The van der Waals surface area contributed by atoms with Gasteiger partial charge in [-0.1, -0.05) is 69.3 Å². The quantitative estimate of drug-likeness (QED) is 0.277. The zero-order valence-electron chi connectivity index (χ0n) is 24.9. The summed E-state index contributed by atoms with van der Waals surface area (Å²) in [6.45, 7) is 5.97. The SMILES string of the molecule is CC[C@H](C(=O)NCC(C)C)N(CCc1ccccc1)C(=O)CN(c1cc(OC)ccc1OC)S(=O)(=O)c1ccccc1. The molecular weight excluding hydrogens is 554 g/mol. The zero-order valence-corrected chi connectivity index (χ0v) is 25.8. The molecule has 3 rings (SSSR count). The maximum atomic E-state index is 14.2. The summed E-state index contributed by atoms with van der Waals surface area (Å²) in [4.78, 5) is 29.0. The van der Waals surface area contributed by atoms with Gasteiger partial charge in [0.15, 0.2) is 0 Å². The molecule has 0 radical (unpaired) electrons. The minimum absolute atomic E-state index is 0.0141. The second kappa shape index (κ2) is 15.3. The summed E-state index contributed by atoms with van der Waals surface area (Å²) in [5.41, 5.74) is 1.14. The molecule has 0 fully saturated rings. The van der Waals surface area contributed by atoms with Crippen molar-refractivity contribution < 1.29 is 27.5 Å². The number of nitrogens with zero attached hydrogens (tertiary/aromatic N) is 2. The second-order valence-corrected chi connectivity index (χ2v) is 12.1. The number of anilines is 1. The molecule has 3 aromatic rings. The third-order valence-corrected chi connectivity index (χ3v) is 8.59. The summed E-state index contributed by atoms with van der Waals surface area (Å²) in [7, 11) is -1.33. The van der Waals surface area contributed by atoms with E-state index in [2.05, 4.69) is 5.32 Å². The van der Waals surface area contributed by atoms with Gasteiger partial charge in [0.2, 0.25) is 11.8 Å². The van der Waals surface area contributed by atoms with E-state index in [0.717, 1.165) is 9.87 Å². The molecule has 42 heavy (non-hydrogen) atoms. The van der Waals surface area contributed by atoms with Crippen molar-refractivity contribution in [2.75, 3.05) is 38.2 Å². The van der Waals surface area contributed by atoms with Crippen LogP contribution in [0.2, 0.25) is 0 Å². The van der Waals surface area contributed by atoms with Crippen LogP contribution >= 0.6 is 0 Å². The van der Waals surface area contributed by atoms with E-state index in [0.29, 0.717) is 25.1 Å². The minimum atomic E-state index is -4.23. The average molecular weight is 596 g/mol. The fourth-order valence-electron chi connectivity index (χ4n) is 4.54. The number of carbonyl (C=O) groups is 2. The Bertz CT molecular complexity index is 1410. The van der Waals surface area contributed by atoms with Gasteiger partial charge >= 0.3 is 0 Å². The summed E-state index contributed by atoms with van der Waals surface area (Å²) in [5.74, 6) is 0.0884. The Balaban J connectivity index is 2.07. The van der Waals surface area contributed by atoms with Crippen LogP contribution in [0.15, 0.2) is 83.8 Å². The molecule has 0 spiro atoms. The van der Waals surface area contributed by atoms with Crippen molar-refractivity contribution in [1.82, 2.24) is 10.2 Å². The minimum Gasteiger partial charge on any atom is -0.497 e. The summed E-state index contributed by atoms with van der Waals surface area (Å²) in [6.07, 6.45) is 0.854. The van der Waals surface area contributed by atoms with Gasteiger partial charge < -0.3 is 19.7 Å². The van der Waals surface area contributed by atoms with Crippen molar-refractivity contribution in [2.24, 2.45) is 5.92 Å². The molecule has 9 nitrogen and oxygen atoms in total. The van der Waals surface area contributed by atoms with E-state index < -0.39 is 28.5 Å². The van der Waals surface area contributed by atoms with Crippen molar-refractivity contribution in [3.63, 3.8) is 0 Å². The van der Waals surface area contributed by atoms with E-state index in [-0.39, 0.29) is 34.7 Å². The average Bonchev–Trinajstić information content (AvgIpc) is 3.01. The molecule has 0 heterocycles. The van der Waals surface area contributed by atoms with Crippen LogP contribution in [0.25, 0.3) is 0 Å². The predicted molar refractivity (Wildman–Crippen MR) is 164 cm³/mol. The highest BCUT2D eigenvalue weighted by atomic mass is 32.2. The highest BCUT2D eigenvalue weighted by Gasteiger charge is 2.34.